The minimum Gasteiger partial charge on any atom is -0.466 e. The minimum absolute atomic E-state index is 0.167. The van der Waals surface area contributed by atoms with Crippen molar-refractivity contribution < 1.29 is 13.9 Å². The second kappa shape index (κ2) is 10.7. The Kier molecular flexibility index (Phi) is 7.45. The summed E-state index contributed by atoms with van der Waals surface area (Å²) in [5.74, 6) is 0.310. The number of carbonyl (C=O) groups is 1. The summed E-state index contributed by atoms with van der Waals surface area (Å²) in [5, 5.41) is 3.96. The summed E-state index contributed by atoms with van der Waals surface area (Å²) in [4.78, 5) is 18.6. The van der Waals surface area contributed by atoms with Crippen LogP contribution < -0.4 is 10.2 Å². The Morgan fingerprint density at radius 3 is 2.76 bits per heavy atom. The Morgan fingerprint density at radius 1 is 1.18 bits per heavy atom. The Hall–Kier alpha value is -3.12. The lowest BCUT2D eigenvalue weighted by Crippen LogP contribution is -2.26. The number of nitrogens with zero attached hydrogens (tertiary/aromatic N) is 2. The third-order valence-electron chi connectivity index (χ3n) is 5.67. The number of benzene rings is 2. The van der Waals surface area contributed by atoms with Crippen molar-refractivity contribution in [3.05, 3.63) is 82.3 Å². The van der Waals surface area contributed by atoms with E-state index < -0.39 is 0 Å². The molecule has 0 fully saturated rings. The first kappa shape index (κ1) is 23.1. The third kappa shape index (κ3) is 5.82. The highest BCUT2D eigenvalue weighted by Gasteiger charge is 2.20. The highest BCUT2D eigenvalue weighted by molar-refractivity contribution is 6.30. The molecule has 0 saturated carbocycles. The highest BCUT2D eigenvalue weighted by Crippen LogP contribution is 2.32. The summed E-state index contributed by atoms with van der Waals surface area (Å²) in [5.41, 5.74) is 4.33. The maximum absolute atomic E-state index is 14.5. The molecule has 5 nitrogen and oxygen atoms in total. The number of halogens is 2. The number of anilines is 3. The zero-order valence-electron chi connectivity index (χ0n) is 18.6. The molecule has 2 heterocycles. The number of esters is 1. The smallest absolute Gasteiger partial charge is 0.306 e. The Morgan fingerprint density at radius 2 is 2.00 bits per heavy atom. The van der Waals surface area contributed by atoms with Crippen molar-refractivity contribution in [1.29, 1.82) is 0 Å². The van der Waals surface area contributed by atoms with Gasteiger partial charge >= 0.3 is 5.97 Å². The number of carbonyl (C=O) groups excluding carboxylic acids is 1. The molecule has 0 radical (unpaired) electrons. The van der Waals surface area contributed by atoms with Gasteiger partial charge in [-0.1, -0.05) is 23.7 Å². The summed E-state index contributed by atoms with van der Waals surface area (Å²) in [6, 6.07) is 16.9. The van der Waals surface area contributed by atoms with Crippen LogP contribution in [0, 0.1) is 5.82 Å². The van der Waals surface area contributed by atoms with Gasteiger partial charge in [0.15, 0.2) is 0 Å². The van der Waals surface area contributed by atoms with E-state index in [4.69, 9.17) is 21.3 Å². The lowest BCUT2D eigenvalue weighted by Gasteiger charge is -2.30. The van der Waals surface area contributed by atoms with Crippen LogP contribution in [0.3, 0.4) is 0 Å². The Bertz CT molecular complexity index is 1120. The van der Waals surface area contributed by atoms with E-state index in [0.717, 1.165) is 36.6 Å². The van der Waals surface area contributed by atoms with Crippen LogP contribution in [0.2, 0.25) is 5.02 Å². The molecule has 4 rings (SSSR count). The average Bonchev–Trinajstić information content (AvgIpc) is 2.82. The van der Waals surface area contributed by atoms with E-state index in [2.05, 4.69) is 16.3 Å². The van der Waals surface area contributed by atoms with Crippen LogP contribution in [-0.2, 0) is 28.9 Å². The fourth-order valence-electron chi connectivity index (χ4n) is 3.97. The average molecular weight is 468 g/mol. The molecule has 0 atom stereocenters. The van der Waals surface area contributed by atoms with Gasteiger partial charge in [0.05, 0.1) is 18.8 Å². The standard InChI is InChI=1S/C26H27ClFN3O2/c1-2-33-25(32)14-7-18-5-10-21(16-24(18)28)29-17-22-11-6-19-4-3-15-31(26(19)30-22)23-12-8-20(27)9-13-23/h5-6,8-13,16,29H,2-4,7,14-15,17H2,1H3. The first-order chi connectivity index (χ1) is 16.0. The van der Waals surface area contributed by atoms with E-state index in [0.29, 0.717) is 35.8 Å². The molecule has 1 aliphatic heterocycles. The number of nitrogens with one attached hydrogen (secondary N) is 1. The lowest BCUT2D eigenvalue weighted by atomic mass is 10.0. The summed E-state index contributed by atoms with van der Waals surface area (Å²) in [6.45, 7) is 3.46. The Labute approximate surface area is 198 Å². The van der Waals surface area contributed by atoms with E-state index in [1.165, 1.54) is 11.6 Å². The number of aromatic nitrogens is 1. The molecule has 0 aliphatic carbocycles. The second-order valence-electron chi connectivity index (χ2n) is 7.98. The molecule has 0 saturated heterocycles. The van der Waals surface area contributed by atoms with Crippen LogP contribution >= 0.6 is 11.6 Å². The molecule has 172 valence electrons. The molecule has 0 spiro atoms. The Balaban J connectivity index is 1.43. The van der Waals surface area contributed by atoms with Crippen molar-refractivity contribution in [1.82, 2.24) is 4.98 Å². The minimum atomic E-state index is -0.336. The van der Waals surface area contributed by atoms with Gasteiger partial charge in [0.2, 0.25) is 0 Å². The summed E-state index contributed by atoms with van der Waals surface area (Å²) < 4.78 is 19.4. The van der Waals surface area contributed by atoms with Gasteiger partial charge in [-0.05, 0) is 79.8 Å². The zero-order chi connectivity index (χ0) is 23.2. The van der Waals surface area contributed by atoms with Gasteiger partial charge in [0, 0.05) is 29.4 Å². The van der Waals surface area contributed by atoms with Gasteiger partial charge in [0.25, 0.3) is 0 Å². The summed E-state index contributed by atoms with van der Waals surface area (Å²) in [7, 11) is 0. The van der Waals surface area contributed by atoms with E-state index in [-0.39, 0.29) is 18.2 Å². The SMILES string of the molecule is CCOC(=O)CCc1ccc(NCc2ccc3c(n2)N(c2ccc(Cl)cc2)CCC3)cc1F. The van der Waals surface area contributed by atoms with Gasteiger partial charge < -0.3 is 15.0 Å². The molecule has 0 amide bonds. The van der Waals surface area contributed by atoms with Crippen molar-refractivity contribution in [2.45, 2.75) is 39.2 Å². The molecule has 0 unspecified atom stereocenters. The number of rotatable bonds is 8. The fourth-order valence-corrected chi connectivity index (χ4v) is 4.10. The fraction of sp³-hybridized carbons (Fsp3) is 0.308. The molecule has 7 heteroatoms. The van der Waals surface area contributed by atoms with Crippen LogP contribution in [0.4, 0.5) is 21.6 Å². The van der Waals surface area contributed by atoms with E-state index >= 15 is 0 Å². The largest absolute Gasteiger partial charge is 0.466 e. The van der Waals surface area contributed by atoms with Crippen LogP contribution in [0.1, 0.15) is 36.6 Å². The maximum Gasteiger partial charge on any atom is 0.306 e. The molecule has 1 N–H and O–H groups in total. The lowest BCUT2D eigenvalue weighted by molar-refractivity contribution is -0.143. The number of aryl methyl sites for hydroxylation is 2. The van der Waals surface area contributed by atoms with Gasteiger partial charge in [-0.25, -0.2) is 9.37 Å². The predicted octanol–water partition coefficient (Wildman–Crippen LogP) is 6.07. The van der Waals surface area contributed by atoms with Gasteiger partial charge in [-0.2, -0.15) is 0 Å². The number of hydrogen-bond donors (Lipinski definition) is 1. The van der Waals surface area contributed by atoms with Gasteiger partial charge in [0.1, 0.15) is 11.6 Å². The monoisotopic (exact) mass is 467 g/mol. The first-order valence-electron chi connectivity index (χ1n) is 11.2. The third-order valence-corrected chi connectivity index (χ3v) is 5.92. The maximum atomic E-state index is 14.5. The molecule has 0 bridgehead atoms. The van der Waals surface area contributed by atoms with Crippen LogP contribution in [0.25, 0.3) is 0 Å². The molecule has 2 aromatic carbocycles. The number of pyridine rings is 1. The predicted molar refractivity (Wildman–Crippen MR) is 130 cm³/mol. The van der Waals surface area contributed by atoms with Gasteiger partial charge in [-0.3, -0.25) is 4.79 Å². The number of fused-ring (bicyclic) bond motifs is 1. The highest BCUT2D eigenvalue weighted by atomic mass is 35.5. The molecular weight excluding hydrogens is 441 g/mol. The number of hydrogen-bond acceptors (Lipinski definition) is 5. The van der Waals surface area contributed by atoms with Crippen molar-refractivity contribution >= 4 is 34.8 Å². The van der Waals surface area contributed by atoms with E-state index in [1.54, 1.807) is 13.0 Å². The van der Waals surface area contributed by atoms with E-state index in [9.17, 15) is 9.18 Å². The molecule has 1 aliphatic rings. The summed E-state index contributed by atoms with van der Waals surface area (Å²) >= 11 is 6.05. The van der Waals surface area contributed by atoms with Crippen molar-refractivity contribution in [2.24, 2.45) is 0 Å². The van der Waals surface area contributed by atoms with Gasteiger partial charge in [-0.15, -0.1) is 0 Å². The van der Waals surface area contributed by atoms with Crippen LogP contribution in [0.15, 0.2) is 54.6 Å². The first-order valence-corrected chi connectivity index (χ1v) is 11.6. The van der Waals surface area contributed by atoms with Crippen LogP contribution in [0.5, 0.6) is 0 Å². The quantitative estimate of drug-likeness (QED) is 0.408. The zero-order valence-corrected chi connectivity index (χ0v) is 19.4. The van der Waals surface area contributed by atoms with Crippen molar-refractivity contribution in [3.63, 3.8) is 0 Å². The molecule has 1 aromatic heterocycles. The number of ether oxygens (including phenoxy) is 1. The van der Waals surface area contributed by atoms with Crippen LogP contribution in [-0.4, -0.2) is 24.1 Å². The van der Waals surface area contributed by atoms with E-state index in [1.807, 2.05) is 36.4 Å². The normalized spacial score (nSPS) is 12.9. The van der Waals surface area contributed by atoms with Crippen molar-refractivity contribution in [3.8, 4) is 0 Å². The molecule has 3 aromatic rings. The molecular formula is C26H27ClFN3O2. The topological polar surface area (TPSA) is 54.5 Å². The molecule has 33 heavy (non-hydrogen) atoms. The second-order valence-corrected chi connectivity index (χ2v) is 8.42. The summed E-state index contributed by atoms with van der Waals surface area (Å²) in [6.07, 6.45) is 2.55. The van der Waals surface area contributed by atoms with Crippen molar-refractivity contribution in [2.75, 3.05) is 23.4 Å².